The maximum Gasteiger partial charge on any atom is 0.253 e. The van der Waals surface area contributed by atoms with E-state index in [2.05, 4.69) is 0 Å². The summed E-state index contributed by atoms with van der Waals surface area (Å²) < 4.78 is 0. The van der Waals surface area contributed by atoms with Gasteiger partial charge in [-0.05, 0) is 52.0 Å². The molecule has 0 aliphatic carbocycles. The van der Waals surface area contributed by atoms with Gasteiger partial charge in [-0.1, -0.05) is 35.4 Å². The normalized spacial score (nSPS) is 25.9. The highest BCUT2D eigenvalue weighted by atomic mass is 16.2. The average molecular weight is 405 g/mol. The van der Waals surface area contributed by atoms with Crippen LogP contribution < -0.4 is 0 Å². The molecule has 0 aromatic heterocycles. The standard InChI is InChI=1S/C25H28N2O3/c1-17-7-5-9-19(11-17)21(28)26-13-24(3)15-27(16-25(4,14-26)23(24)30)22(29)20-10-6-8-18(2)12-20/h5-12H,13-16H2,1-4H3. The SMILES string of the molecule is Cc1cccc(C(=O)N2CC3(C)CN(C(=O)c4cccc(C)c4)CC(C)(C2)C3=O)c1. The van der Waals surface area contributed by atoms with Crippen molar-refractivity contribution >= 4 is 17.6 Å². The highest BCUT2D eigenvalue weighted by Gasteiger charge is 2.57. The maximum absolute atomic E-state index is 13.3. The van der Waals surface area contributed by atoms with Crippen molar-refractivity contribution in [1.82, 2.24) is 9.80 Å². The molecule has 2 bridgehead atoms. The van der Waals surface area contributed by atoms with Crippen molar-refractivity contribution in [3.8, 4) is 0 Å². The largest absolute Gasteiger partial charge is 0.337 e. The molecule has 2 aromatic rings. The summed E-state index contributed by atoms with van der Waals surface area (Å²) in [5, 5.41) is 0. The lowest BCUT2D eigenvalue weighted by Crippen LogP contribution is -2.69. The lowest BCUT2D eigenvalue weighted by molar-refractivity contribution is -0.153. The Bertz CT molecular complexity index is 949. The number of ketones is 1. The molecule has 2 aliphatic heterocycles. The predicted octanol–water partition coefficient (Wildman–Crippen LogP) is 3.50. The molecule has 0 saturated carbocycles. The number of carbonyl (C=O) groups excluding carboxylic acids is 3. The van der Waals surface area contributed by atoms with Gasteiger partial charge in [0.1, 0.15) is 0 Å². The fourth-order valence-corrected chi connectivity index (χ4v) is 5.12. The van der Waals surface area contributed by atoms with Gasteiger partial charge >= 0.3 is 0 Å². The number of rotatable bonds is 2. The Morgan fingerprint density at radius 2 is 1.10 bits per heavy atom. The molecule has 5 heteroatoms. The van der Waals surface area contributed by atoms with Crippen LogP contribution in [0.3, 0.4) is 0 Å². The molecule has 2 fully saturated rings. The van der Waals surface area contributed by atoms with Crippen LogP contribution >= 0.6 is 0 Å². The van der Waals surface area contributed by atoms with E-state index < -0.39 is 10.8 Å². The van der Waals surface area contributed by atoms with Crippen LogP contribution in [-0.4, -0.2) is 53.6 Å². The Hall–Kier alpha value is -2.95. The Labute approximate surface area is 177 Å². The zero-order chi connectivity index (χ0) is 21.7. The second-order valence-corrected chi connectivity index (χ2v) is 9.51. The van der Waals surface area contributed by atoms with E-state index in [1.807, 2.05) is 76.2 Å². The minimum Gasteiger partial charge on any atom is -0.337 e. The van der Waals surface area contributed by atoms with Crippen molar-refractivity contribution < 1.29 is 14.4 Å². The summed E-state index contributed by atoms with van der Waals surface area (Å²) in [6, 6.07) is 15.1. The molecule has 0 unspecified atom stereocenters. The van der Waals surface area contributed by atoms with Gasteiger partial charge in [0.15, 0.2) is 5.78 Å². The number of hydrogen-bond acceptors (Lipinski definition) is 3. The molecule has 2 saturated heterocycles. The van der Waals surface area contributed by atoms with Crippen LogP contribution in [-0.2, 0) is 4.79 Å². The van der Waals surface area contributed by atoms with Gasteiger partial charge in [-0.2, -0.15) is 0 Å². The lowest BCUT2D eigenvalue weighted by Gasteiger charge is -2.55. The summed E-state index contributed by atoms with van der Waals surface area (Å²) >= 11 is 0. The molecular weight excluding hydrogens is 376 g/mol. The first-order chi connectivity index (χ1) is 14.1. The number of likely N-dealkylation sites (tertiary alicyclic amines) is 2. The van der Waals surface area contributed by atoms with E-state index in [1.165, 1.54) is 0 Å². The molecule has 30 heavy (non-hydrogen) atoms. The van der Waals surface area contributed by atoms with E-state index in [0.717, 1.165) is 11.1 Å². The third-order valence-corrected chi connectivity index (χ3v) is 6.36. The first kappa shape index (κ1) is 20.3. The summed E-state index contributed by atoms with van der Waals surface area (Å²) in [6.45, 7) is 9.00. The molecular formula is C25H28N2O3. The summed E-state index contributed by atoms with van der Waals surface area (Å²) in [6.07, 6.45) is 0. The predicted molar refractivity (Wildman–Crippen MR) is 115 cm³/mol. The van der Waals surface area contributed by atoms with Crippen LogP contribution in [0.1, 0.15) is 45.7 Å². The lowest BCUT2D eigenvalue weighted by atomic mass is 9.64. The summed E-state index contributed by atoms with van der Waals surface area (Å²) in [4.78, 5) is 43.3. The van der Waals surface area contributed by atoms with E-state index in [-0.39, 0.29) is 17.6 Å². The number of piperidine rings is 2. The third kappa shape index (κ3) is 3.42. The Kier molecular flexibility index (Phi) is 4.80. The number of Topliss-reactive ketones (excluding diaryl/α,β-unsaturated/α-hetero) is 1. The van der Waals surface area contributed by atoms with Crippen LogP contribution in [0.4, 0.5) is 0 Å². The van der Waals surface area contributed by atoms with Crippen LogP contribution in [0.25, 0.3) is 0 Å². The number of amides is 2. The second kappa shape index (κ2) is 7.08. The summed E-state index contributed by atoms with van der Waals surface area (Å²) in [7, 11) is 0. The highest BCUT2D eigenvalue weighted by Crippen LogP contribution is 2.43. The average Bonchev–Trinajstić information content (AvgIpc) is 2.69. The molecule has 0 spiro atoms. The van der Waals surface area contributed by atoms with E-state index >= 15 is 0 Å². The van der Waals surface area contributed by atoms with Gasteiger partial charge in [0.25, 0.3) is 11.8 Å². The molecule has 2 heterocycles. The van der Waals surface area contributed by atoms with E-state index in [0.29, 0.717) is 37.3 Å². The van der Waals surface area contributed by atoms with E-state index in [9.17, 15) is 14.4 Å². The quantitative estimate of drug-likeness (QED) is 0.770. The number of carbonyl (C=O) groups is 3. The number of aryl methyl sites for hydroxylation is 2. The number of fused-ring (bicyclic) bond motifs is 2. The smallest absolute Gasteiger partial charge is 0.253 e. The molecule has 2 amide bonds. The first-order valence-corrected chi connectivity index (χ1v) is 10.4. The van der Waals surface area contributed by atoms with Crippen molar-refractivity contribution in [2.45, 2.75) is 27.7 Å². The van der Waals surface area contributed by atoms with Gasteiger partial charge in [0.05, 0.1) is 10.8 Å². The summed E-state index contributed by atoms with van der Waals surface area (Å²) in [5.41, 5.74) is 1.79. The van der Waals surface area contributed by atoms with Gasteiger partial charge < -0.3 is 9.80 Å². The van der Waals surface area contributed by atoms with Crippen LogP contribution in [0.2, 0.25) is 0 Å². The zero-order valence-electron chi connectivity index (χ0n) is 18.1. The maximum atomic E-state index is 13.3. The van der Waals surface area contributed by atoms with Gasteiger partial charge in [-0.25, -0.2) is 0 Å². The van der Waals surface area contributed by atoms with Crippen LogP contribution in [0.15, 0.2) is 48.5 Å². The van der Waals surface area contributed by atoms with Crippen LogP contribution in [0, 0.1) is 24.7 Å². The summed E-state index contributed by atoms with van der Waals surface area (Å²) in [5.74, 6) is 0.0424. The van der Waals surface area contributed by atoms with Crippen molar-refractivity contribution in [3.05, 3.63) is 70.8 Å². The molecule has 2 aromatic carbocycles. The molecule has 0 atom stereocenters. The van der Waals surface area contributed by atoms with E-state index in [1.54, 1.807) is 9.80 Å². The van der Waals surface area contributed by atoms with Crippen molar-refractivity contribution in [2.75, 3.05) is 26.2 Å². The molecule has 156 valence electrons. The van der Waals surface area contributed by atoms with Gasteiger partial charge in [0, 0.05) is 37.3 Å². The fraction of sp³-hybridized carbons (Fsp3) is 0.400. The minimum absolute atomic E-state index is 0.0536. The van der Waals surface area contributed by atoms with Crippen molar-refractivity contribution in [3.63, 3.8) is 0 Å². The molecule has 5 nitrogen and oxygen atoms in total. The number of hydrogen-bond donors (Lipinski definition) is 0. The monoisotopic (exact) mass is 404 g/mol. The van der Waals surface area contributed by atoms with Gasteiger partial charge in [-0.15, -0.1) is 0 Å². The zero-order valence-corrected chi connectivity index (χ0v) is 18.1. The fourth-order valence-electron chi connectivity index (χ4n) is 5.12. The third-order valence-electron chi connectivity index (χ3n) is 6.36. The van der Waals surface area contributed by atoms with E-state index in [4.69, 9.17) is 0 Å². The minimum atomic E-state index is -0.774. The first-order valence-electron chi connectivity index (χ1n) is 10.4. The molecule has 0 radical (unpaired) electrons. The van der Waals surface area contributed by atoms with Gasteiger partial charge in [-0.3, -0.25) is 14.4 Å². The Morgan fingerprint density at radius 1 is 0.733 bits per heavy atom. The highest BCUT2D eigenvalue weighted by molar-refractivity contribution is 6.01. The van der Waals surface area contributed by atoms with Crippen molar-refractivity contribution in [1.29, 1.82) is 0 Å². The molecule has 2 aliphatic rings. The molecule has 4 rings (SSSR count). The topological polar surface area (TPSA) is 57.7 Å². The Morgan fingerprint density at radius 3 is 1.43 bits per heavy atom. The van der Waals surface area contributed by atoms with Gasteiger partial charge in [0.2, 0.25) is 0 Å². The second-order valence-electron chi connectivity index (χ2n) is 9.51. The Balaban J connectivity index is 1.61. The molecule has 0 N–H and O–H groups in total. The number of benzene rings is 2. The van der Waals surface area contributed by atoms with Crippen molar-refractivity contribution in [2.24, 2.45) is 10.8 Å². The van der Waals surface area contributed by atoms with Crippen LogP contribution in [0.5, 0.6) is 0 Å². The number of nitrogens with zero attached hydrogens (tertiary/aromatic N) is 2.